The highest BCUT2D eigenvalue weighted by molar-refractivity contribution is 7.80. The van der Waals surface area contributed by atoms with Crippen LogP contribution in [0.1, 0.15) is 15.9 Å². The summed E-state index contributed by atoms with van der Waals surface area (Å²) in [6.45, 7) is 0.616. The van der Waals surface area contributed by atoms with E-state index in [4.69, 9.17) is 21.7 Å². The molecular weight excluding hydrogens is 360 g/mol. The van der Waals surface area contributed by atoms with Crippen molar-refractivity contribution in [3.8, 4) is 11.5 Å². The van der Waals surface area contributed by atoms with Gasteiger partial charge in [0.15, 0.2) is 16.6 Å². The van der Waals surface area contributed by atoms with Crippen LogP contribution in [-0.2, 0) is 6.54 Å². The average molecular weight is 374 g/mol. The van der Waals surface area contributed by atoms with Gasteiger partial charge in [-0.15, -0.1) is 0 Å². The number of hydrazine groups is 1. The summed E-state index contributed by atoms with van der Waals surface area (Å²) in [4.78, 5) is 22.2. The Morgan fingerprint density at radius 2 is 1.96 bits per heavy atom. The van der Waals surface area contributed by atoms with Crippen LogP contribution in [0.15, 0.2) is 42.5 Å². The molecule has 2 aromatic carbocycles. The Kier molecular flexibility index (Phi) is 5.13. The number of nitro benzene ring substituents is 1. The fraction of sp³-hybridized carbons (Fsp3) is 0.125. The minimum absolute atomic E-state index is 0.144. The number of hydrogen-bond donors (Lipinski definition) is 3. The second-order valence-corrected chi connectivity index (χ2v) is 5.67. The van der Waals surface area contributed by atoms with Crippen LogP contribution in [0.4, 0.5) is 5.69 Å². The van der Waals surface area contributed by atoms with Gasteiger partial charge in [0, 0.05) is 24.2 Å². The Balaban J connectivity index is 1.48. The third-order valence-corrected chi connectivity index (χ3v) is 3.75. The van der Waals surface area contributed by atoms with E-state index in [9.17, 15) is 14.9 Å². The lowest BCUT2D eigenvalue weighted by Gasteiger charge is -2.12. The van der Waals surface area contributed by atoms with Crippen LogP contribution >= 0.6 is 12.2 Å². The van der Waals surface area contributed by atoms with Gasteiger partial charge in [-0.3, -0.25) is 25.8 Å². The van der Waals surface area contributed by atoms with Crippen LogP contribution in [0.2, 0.25) is 0 Å². The van der Waals surface area contributed by atoms with Gasteiger partial charge in [0.1, 0.15) is 0 Å². The van der Waals surface area contributed by atoms with Gasteiger partial charge in [-0.1, -0.05) is 12.1 Å². The van der Waals surface area contributed by atoms with Gasteiger partial charge in [0.05, 0.1) is 4.92 Å². The van der Waals surface area contributed by atoms with E-state index in [1.54, 1.807) is 6.07 Å². The highest BCUT2D eigenvalue weighted by Crippen LogP contribution is 2.32. The van der Waals surface area contributed by atoms with Gasteiger partial charge in [-0.25, -0.2) is 0 Å². The molecule has 0 atom stereocenters. The van der Waals surface area contributed by atoms with Crippen molar-refractivity contribution in [1.82, 2.24) is 16.2 Å². The molecule has 0 aromatic heterocycles. The summed E-state index contributed by atoms with van der Waals surface area (Å²) in [6.07, 6.45) is 0. The molecule has 0 aliphatic carbocycles. The Bertz CT molecular complexity index is 873. The normalized spacial score (nSPS) is 11.5. The van der Waals surface area contributed by atoms with Crippen molar-refractivity contribution in [3.63, 3.8) is 0 Å². The highest BCUT2D eigenvalue weighted by atomic mass is 32.1. The number of nitrogens with zero attached hydrogens (tertiary/aromatic N) is 1. The summed E-state index contributed by atoms with van der Waals surface area (Å²) in [7, 11) is 0. The molecule has 0 saturated carbocycles. The molecule has 3 rings (SSSR count). The standard InChI is InChI=1S/C16H14N4O5S/c21-15(11-2-1-3-12(7-11)20(22)23)18-19-16(26)17-8-10-4-5-13-14(6-10)25-9-24-13/h1-7H,8-9H2,(H,18,21)(H2,17,19,26). The molecule has 1 aliphatic rings. The molecule has 3 N–H and O–H groups in total. The maximum Gasteiger partial charge on any atom is 0.270 e. The molecule has 26 heavy (non-hydrogen) atoms. The third-order valence-electron chi connectivity index (χ3n) is 3.50. The number of nitro groups is 1. The van der Waals surface area contributed by atoms with E-state index in [1.807, 2.05) is 12.1 Å². The smallest absolute Gasteiger partial charge is 0.270 e. The second kappa shape index (κ2) is 7.66. The van der Waals surface area contributed by atoms with E-state index in [0.29, 0.717) is 18.0 Å². The average Bonchev–Trinajstić information content (AvgIpc) is 3.12. The molecule has 0 unspecified atom stereocenters. The lowest BCUT2D eigenvalue weighted by Crippen LogP contribution is -2.46. The number of carbonyl (C=O) groups is 1. The highest BCUT2D eigenvalue weighted by Gasteiger charge is 2.14. The molecule has 0 radical (unpaired) electrons. The van der Waals surface area contributed by atoms with Crippen LogP contribution in [0, 0.1) is 10.1 Å². The lowest BCUT2D eigenvalue weighted by atomic mass is 10.2. The minimum atomic E-state index is -0.568. The predicted octanol–water partition coefficient (Wildman–Crippen LogP) is 1.63. The van der Waals surface area contributed by atoms with E-state index in [2.05, 4.69) is 16.2 Å². The first-order valence-electron chi connectivity index (χ1n) is 7.50. The van der Waals surface area contributed by atoms with Crippen LogP contribution in [0.25, 0.3) is 0 Å². The molecule has 0 spiro atoms. The Morgan fingerprint density at radius 1 is 1.15 bits per heavy atom. The molecule has 134 valence electrons. The molecule has 10 heteroatoms. The van der Waals surface area contributed by atoms with Crippen molar-refractivity contribution < 1.29 is 19.2 Å². The zero-order valence-electron chi connectivity index (χ0n) is 13.4. The molecule has 0 saturated heterocycles. The van der Waals surface area contributed by atoms with Gasteiger partial charge < -0.3 is 14.8 Å². The number of amides is 1. The van der Waals surface area contributed by atoms with Crippen LogP contribution in [-0.4, -0.2) is 22.7 Å². The molecule has 1 amide bonds. The Labute approximate surface area is 153 Å². The molecular formula is C16H14N4O5S. The zero-order chi connectivity index (χ0) is 18.5. The van der Waals surface area contributed by atoms with E-state index in [-0.39, 0.29) is 23.2 Å². The number of carbonyl (C=O) groups excluding carboxylic acids is 1. The van der Waals surface area contributed by atoms with Gasteiger partial charge >= 0.3 is 0 Å². The summed E-state index contributed by atoms with van der Waals surface area (Å²) < 4.78 is 10.5. The number of non-ortho nitro benzene ring substituents is 1. The summed E-state index contributed by atoms with van der Waals surface area (Å²) in [6, 6.07) is 10.9. The van der Waals surface area contributed by atoms with E-state index >= 15 is 0 Å². The fourth-order valence-corrected chi connectivity index (χ4v) is 2.35. The third kappa shape index (κ3) is 4.16. The number of rotatable bonds is 4. The fourth-order valence-electron chi connectivity index (χ4n) is 2.22. The number of nitrogens with one attached hydrogen (secondary N) is 3. The maximum absolute atomic E-state index is 12.0. The summed E-state index contributed by atoms with van der Waals surface area (Å²) in [5.41, 5.74) is 5.83. The number of hydrogen-bond acceptors (Lipinski definition) is 6. The molecule has 2 aromatic rings. The molecule has 9 nitrogen and oxygen atoms in total. The van der Waals surface area contributed by atoms with Gasteiger partial charge in [-0.05, 0) is 36.0 Å². The molecule has 1 heterocycles. The lowest BCUT2D eigenvalue weighted by molar-refractivity contribution is -0.384. The summed E-state index contributed by atoms with van der Waals surface area (Å²) >= 11 is 5.09. The Hall–Kier alpha value is -3.40. The summed E-state index contributed by atoms with van der Waals surface area (Å²) in [5, 5.41) is 13.9. The van der Waals surface area contributed by atoms with Crippen molar-refractivity contribution >= 4 is 28.9 Å². The first-order valence-corrected chi connectivity index (χ1v) is 7.91. The van der Waals surface area contributed by atoms with Gasteiger partial charge in [0.25, 0.3) is 11.6 Å². The van der Waals surface area contributed by atoms with Crippen LogP contribution < -0.4 is 25.6 Å². The van der Waals surface area contributed by atoms with Crippen LogP contribution in [0.3, 0.4) is 0 Å². The van der Waals surface area contributed by atoms with E-state index in [0.717, 1.165) is 5.56 Å². The Morgan fingerprint density at radius 3 is 2.77 bits per heavy atom. The molecule has 0 fully saturated rings. The monoisotopic (exact) mass is 374 g/mol. The zero-order valence-corrected chi connectivity index (χ0v) is 14.2. The number of ether oxygens (including phenoxy) is 2. The SMILES string of the molecule is O=C(NNC(=S)NCc1ccc2c(c1)OCO2)c1cccc([N+](=O)[O-])c1. The van der Waals surface area contributed by atoms with Crippen molar-refractivity contribution in [2.45, 2.75) is 6.54 Å². The largest absolute Gasteiger partial charge is 0.454 e. The first-order chi connectivity index (χ1) is 12.5. The molecule has 0 bridgehead atoms. The molecule has 1 aliphatic heterocycles. The van der Waals surface area contributed by atoms with Crippen molar-refractivity contribution in [1.29, 1.82) is 0 Å². The topological polar surface area (TPSA) is 115 Å². The number of thiocarbonyl (C=S) groups is 1. The number of benzene rings is 2. The first kappa shape index (κ1) is 17.4. The van der Waals surface area contributed by atoms with Crippen molar-refractivity contribution in [2.75, 3.05) is 6.79 Å². The summed E-state index contributed by atoms with van der Waals surface area (Å²) in [5.74, 6) is 0.821. The van der Waals surface area contributed by atoms with Gasteiger partial charge in [0.2, 0.25) is 6.79 Å². The second-order valence-electron chi connectivity index (χ2n) is 5.26. The number of fused-ring (bicyclic) bond motifs is 1. The van der Waals surface area contributed by atoms with Crippen molar-refractivity contribution in [3.05, 3.63) is 63.7 Å². The van der Waals surface area contributed by atoms with E-state index < -0.39 is 10.8 Å². The van der Waals surface area contributed by atoms with Crippen LogP contribution in [0.5, 0.6) is 11.5 Å². The minimum Gasteiger partial charge on any atom is -0.454 e. The predicted molar refractivity (Wildman–Crippen MR) is 95.7 cm³/mol. The maximum atomic E-state index is 12.0. The van der Waals surface area contributed by atoms with Gasteiger partial charge in [-0.2, -0.15) is 0 Å². The van der Waals surface area contributed by atoms with Crippen molar-refractivity contribution in [2.24, 2.45) is 0 Å². The van der Waals surface area contributed by atoms with E-state index in [1.165, 1.54) is 24.3 Å². The quantitative estimate of drug-likeness (QED) is 0.420.